The molecule has 114 valence electrons. The van der Waals surface area contributed by atoms with Gasteiger partial charge in [-0.15, -0.1) is 11.3 Å². The van der Waals surface area contributed by atoms with Crippen LogP contribution in [0.2, 0.25) is 0 Å². The van der Waals surface area contributed by atoms with Crippen LogP contribution in [0.15, 0.2) is 22.5 Å². The van der Waals surface area contributed by atoms with Crippen LogP contribution >= 0.6 is 11.3 Å². The molecule has 2 aromatic rings. The smallest absolute Gasteiger partial charge is 0.241 e. The average Bonchev–Trinajstić information content (AvgIpc) is 2.82. The van der Waals surface area contributed by atoms with Gasteiger partial charge in [0.15, 0.2) is 0 Å². The first-order valence-electron chi connectivity index (χ1n) is 6.54. The van der Waals surface area contributed by atoms with Crippen molar-refractivity contribution in [3.63, 3.8) is 0 Å². The van der Waals surface area contributed by atoms with E-state index in [1.165, 1.54) is 11.3 Å². The van der Waals surface area contributed by atoms with E-state index >= 15 is 0 Å². The zero-order chi connectivity index (χ0) is 15.6. The van der Waals surface area contributed by atoms with Gasteiger partial charge >= 0.3 is 0 Å². The second-order valence-electron chi connectivity index (χ2n) is 4.93. The van der Waals surface area contributed by atoms with Crippen molar-refractivity contribution in [2.45, 2.75) is 38.8 Å². The SMILES string of the molecule is Cc1cc(C)c(S(=O)(=O)NCc2scnc2C)cc1CN. The van der Waals surface area contributed by atoms with Crippen LogP contribution in [0.5, 0.6) is 0 Å². The molecule has 0 saturated carbocycles. The Labute approximate surface area is 129 Å². The number of nitrogens with two attached hydrogens (primary N) is 1. The van der Waals surface area contributed by atoms with Gasteiger partial charge in [0.2, 0.25) is 10.0 Å². The van der Waals surface area contributed by atoms with E-state index < -0.39 is 10.0 Å². The van der Waals surface area contributed by atoms with Gasteiger partial charge in [-0.2, -0.15) is 0 Å². The Hall–Kier alpha value is -1.28. The third-order valence-electron chi connectivity index (χ3n) is 3.41. The first-order valence-corrected chi connectivity index (χ1v) is 8.90. The number of thiazole rings is 1. The lowest BCUT2D eigenvalue weighted by atomic mass is 10.1. The van der Waals surface area contributed by atoms with Crippen molar-refractivity contribution in [3.8, 4) is 0 Å². The maximum Gasteiger partial charge on any atom is 0.241 e. The lowest BCUT2D eigenvalue weighted by Gasteiger charge is -2.12. The van der Waals surface area contributed by atoms with Gasteiger partial charge in [0, 0.05) is 18.0 Å². The number of aromatic nitrogens is 1. The highest BCUT2D eigenvalue weighted by Crippen LogP contribution is 2.21. The van der Waals surface area contributed by atoms with Gasteiger partial charge < -0.3 is 5.73 Å². The molecule has 0 atom stereocenters. The lowest BCUT2D eigenvalue weighted by Crippen LogP contribution is -2.24. The lowest BCUT2D eigenvalue weighted by molar-refractivity contribution is 0.581. The molecule has 1 aromatic carbocycles. The fourth-order valence-electron chi connectivity index (χ4n) is 2.12. The van der Waals surface area contributed by atoms with Gasteiger partial charge in [0.1, 0.15) is 0 Å². The first kappa shape index (κ1) is 16.1. The first-order chi connectivity index (χ1) is 9.85. The van der Waals surface area contributed by atoms with E-state index in [-0.39, 0.29) is 11.4 Å². The minimum atomic E-state index is -3.56. The summed E-state index contributed by atoms with van der Waals surface area (Å²) in [5.74, 6) is 0. The molecule has 5 nitrogen and oxygen atoms in total. The Morgan fingerprint density at radius 3 is 2.52 bits per heavy atom. The van der Waals surface area contributed by atoms with Gasteiger partial charge in [-0.05, 0) is 43.5 Å². The molecule has 0 saturated heterocycles. The molecule has 2 rings (SSSR count). The van der Waals surface area contributed by atoms with E-state index in [1.807, 2.05) is 19.9 Å². The van der Waals surface area contributed by atoms with Crippen LogP contribution in [-0.4, -0.2) is 13.4 Å². The molecule has 0 radical (unpaired) electrons. The summed E-state index contributed by atoms with van der Waals surface area (Å²) in [6.07, 6.45) is 0. The summed E-state index contributed by atoms with van der Waals surface area (Å²) in [6.45, 7) is 6.16. The maximum atomic E-state index is 12.5. The number of hydrogen-bond donors (Lipinski definition) is 2. The summed E-state index contributed by atoms with van der Waals surface area (Å²) in [4.78, 5) is 5.32. The standard InChI is InChI=1S/C14H19N3O2S2/c1-9-4-10(2)14(5-12(9)6-15)21(18,19)17-7-13-11(3)16-8-20-13/h4-5,8,17H,6-7,15H2,1-3H3. The number of nitrogens with zero attached hydrogens (tertiary/aromatic N) is 1. The molecule has 0 aliphatic rings. The summed E-state index contributed by atoms with van der Waals surface area (Å²) < 4.78 is 27.6. The summed E-state index contributed by atoms with van der Waals surface area (Å²) in [6, 6.07) is 3.52. The number of nitrogens with one attached hydrogen (secondary N) is 1. The van der Waals surface area contributed by atoms with Crippen LogP contribution in [0.3, 0.4) is 0 Å². The molecule has 7 heteroatoms. The normalized spacial score (nSPS) is 11.8. The summed E-state index contributed by atoms with van der Waals surface area (Å²) in [5, 5.41) is 0. The fraction of sp³-hybridized carbons (Fsp3) is 0.357. The Kier molecular flexibility index (Phi) is 4.77. The Balaban J connectivity index is 2.29. The molecule has 0 bridgehead atoms. The van der Waals surface area contributed by atoms with E-state index in [0.717, 1.165) is 27.3 Å². The number of sulfonamides is 1. The molecular formula is C14H19N3O2S2. The molecule has 3 N–H and O–H groups in total. The minimum Gasteiger partial charge on any atom is -0.326 e. The Bertz CT molecular complexity index is 752. The zero-order valence-corrected chi connectivity index (χ0v) is 13.9. The molecule has 0 spiro atoms. The minimum absolute atomic E-state index is 0.254. The van der Waals surface area contributed by atoms with Crippen LogP contribution < -0.4 is 10.5 Å². The summed E-state index contributed by atoms with van der Waals surface area (Å²) >= 11 is 1.44. The van der Waals surface area contributed by atoms with Crippen LogP contribution in [0.4, 0.5) is 0 Å². The van der Waals surface area contributed by atoms with Gasteiger partial charge in [-0.25, -0.2) is 18.1 Å². The highest BCUT2D eigenvalue weighted by atomic mass is 32.2. The quantitative estimate of drug-likeness (QED) is 0.880. The molecule has 1 aromatic heterocycles. The van der Waals surface area contributed by atoms with Crippen LogP contribution in [-0.2, 0) is 23.1 Å². The maximum absolute atomic E-state index is 12.5. The van der Waals surface area contributed by atoms with E-state index in [9.17, 15) is 8.42 Å². The predicted molar refractivity (Wildman–Crippen MR) is 84.7 cm³/mol. The Morgan fingerprint density at radius 2 is 1.95 bits per heavy atom. The van der Waals surface area contributed by atoms with E-state index in [1.54, 1.807) is 18.5 Å². The third-order valence-corrected chi connectivity index (χ3v) is 5.89. The third kappa shape index (κ3) is 3.49. The van der Waals surface area contributed by atoms with Gasteiger partial charge in [0.05, 0.1) is 16.1 Å². The van der Waals surface area contributed by atoms with E-state index in [0.29, 0.717) is 6.54 Å². The van der Waals surface area contributed by atoms with E-state index in [2.05, 4.69) is 9.71 Å². The summed E-state index contributed by atoms with van der Waals surface area (Å²) in [7, 11) is -3.56. The van der Waals surface area contributed by atoms with E-state index in [4.69, 9.17) is 5.73 Å². The average molecular weight is 325 g/mol. The zero-order valence-electron chi connectivity index (χ0n) is 12.3. The van der Waals surface area contributed by atoms with Crippen molar-refractivity contribution in [3.05, 3.63) is 44.9 Å². The molecule has 0 unspecified atom stereocenters. The Morgan fingerprint density at radius 1 is 1.24 bits per heavy atom. The largest absolute Gasteiger partial charge is 0.326 e. The molecule has 1 heterocycles. The molecule has 0 fully saturated rings. The molecular weight excluding hydrogens is 306 g/mol. The van der Waals surface area contributed by atoms with Crippen molar-refractivity contribution >= 4 is 21.4 Å². The molecule has 0 aliphatic heterocycles. The van der Waals surface area contributed by atoms with Crippen molar-refractivity contribution in [2.75, 3.05) is 0 Å². The molecule has 0 aliphatic carbocycles. The van der Waals surface area contributed by atoms with Crippen molar-refractivity contribution < 1.29 is 8.42 Å². The summed E-state index contributed by atoms with van der Waals surface area (Å²) in [5.41, 5.74) is 10.8. The molecule has 0 amide bonds. The fourth-order valence-corrected chi connectivity index (χ4v) is 4.20. The van der Waals surface area contributed by atoms with Crippen LogP contribution in [0.25, 0.3) is 0 Å². The number of aryl methyl sites for hydroxylation is 3. The monoisotopic (exact) mass is 325 g/mol. The topological polar surface area (TPSA) is 85.1 Å². The highest BCUT2D eigenvalue weighted by Gasteiger charge is 2.18. The number of hydrogen-bond acceptors (Lipinski definition) is 5. The van der Waals surface area contributed by atoms with Gasteiger partial charge in [-0.1, -0.05) is 6.07 Å². The van der Waals surface area contributed by atoms with Crippen LogP contribution in [0.1, 0.15) is 27.3 Å². The van der Waals surface area contributed by atoms with Crippen molar-refractivity contribution in [2.24, 2.45) is 5.73 Å². The molecule has 21 heavy (non-hydrogen) atoms. The second-order valence-corrected chi connectivity index (χ2v) is 7.61. The number of benzene rings is 1. The van der Waals surface area contributed by atoms with Crippen molar-refractivity contribution in [1.82, 2.24) is 9.71 Å². The van der Waals surface area contributed by atoms with Crippen molar-refractivity contribution in [1.29, 1.82) is 0 Å². The van der Waals surface area contributed by atoms with Gasteiger partial charge in [-0.3, -0.25) is 0 Å². The van der Waals surface area contributed by atoms with Gasteiger partial charge in [0.25, 0.3) is 0 Å². The second kappa shape index (κ2) is 6.23. The number of rotatable bonds is 5. The highest BCUT2D eigenvalue weighted by molar-refractivity contribution is 7.89. The van der Waals surface area contributed by atoms with Crippen LogP contribution in [0, 0.1) is 20.8 Å². The predicted octanol–water partition coefficient (Wildman–Crippen LogP) is 2.01.